The Labute approximate surface area is 129 Å². The highest BCUT2D eigenvalue weighted by Crippen LogP contribution is 2.15. The summed E-state index contributed by atoms with van der Waals surface area (Å²) in [7, 11) is 0.836. The molecule has 0 aliphatic carbocycles. The summed E-state index contributed by atoms with van der Waals surface area (Å²) in [6, 6.07) is 0. The summed E-state index contributed by atoms with van der Waals surface area (Å²) >= 11 is 6.01. The Kier molecular flexibility index (Phi) is 6.63. The molecule has 0 bridgehead atoms. The van der Waals surface area contributed by atoms with Crippen molar-refractivity contribution >= 4 is 27.1 Å². The van der Waals surface area contributed by atoms with Gasteiger partial charge < -0.3 is 10.2 Å². The second-order valence-electron chi connectivity index (χ2n) is 5.11. The number of anilines is 1. The van der Waals surface area contributed by atoms with Crippen LogP contribution in [0, 0.1) is 0 Å². The lowest BCUT2D eigenvalue weighted by atomic mass is 10.4. The normalized spacial score (nSPS) is 11.9. The van der Waals surface area contributed by atoms with Crippen molar-refractivity contribution < 1.29 is 8.42 Å². The van der Waals surface area contributed by atoms with Crippen LogP contribution in [0.1, 0.15) is 6.42 Å². The lowest BCUT2D eigenvalue weighted by Crippen LogP contribution is -2.29. The van der Waals surface area contributed by atoms with E-state index in [1.165, 1.54) is 17.1 Å². The predicted molar refractivity (Wildman–Crippen MR) is 84.9 cm³/mol. The van der Waals surface area contributed by atoms with Crippen LogP contribution in [0.5, 0.6) is 0 Å². The highest BCUT2D eigenvalue weighted by molar-refractivity contribution is 7.90. The Morgan fingerprint density at radius 1 is 1.43 bits per heavy atom. The molecule has 1 rings (SSSR count). The molecule has 0 spiro atoms. The van der Waals surface area contributed by atoms with E-state index in [1.54, 1.807) is 0 Å². The number of rotatable bonds is 8. The lowest BCUT2D eigenvalue weighted by molar-refractivity contribution is 0.367. The average molecular weight is 337 g/mol. The smallest absolute Gasteiger partial charge is 0.287 e. The molecule has 0 radical (unpaired) electrons. The van der Waals surface area contributed by atoms with E-state index in [-0.39, 0.29) is 16.3 Å². The predicted octanol–water partition coefficient (Wildman–Crippen LogP) is 0.305. The van der Waals surface area contributed by atoms with Gasteiger partial charge in [-0.05, 0) is 20.5 Å². The zero-order chi connectivity index (χ0) is 16.0. The van der Waals surface area contributed by atoms with E-state index < -0.39 is 9.84 Å². The summed E-state index contributed by atoms with van der Waals surface area (Å²) in [5, 5.41) is 7.06. The van der Waals surface area contributed by atoms with E-state index >= 15 is 0 Å². The maximum atomic E-state index is 12.0. The van der Waals surface area contributed by atoms with Crippen LogP contribution >= 0.6 is 11.6 Å². The molecule has 0 saturated heterocycles. The van der Waals surface area contributed by atoms with Crippen molar-refractivity contribution in [3.05, 3.63) is 21.6 Å². The molecule has 0 aromatic carbocycles. The summed E-state index contributed by atoms with van der Waals surface area (Å²) in [6.07, 6.45) is 3.12. The molecule has 0 saturated carbocycles. The Hall–Kier alpha value is -1.12. The number of likely N-dealkylation sites (N-methyl/N-ethyl adjacent to an activating group) is 1. The van der Waals surface area contributed by atoms with E-state index in [4.69, 9.17) is 11.6 Å². The summed E-state index contributed by atoms with van der Waals surface area (Å²) in [5.74, 6) is 0.0882. The fourth-order valence-corrected chi connectivity index (χ4v) is 2.48. The minimum absolute atomic E-state index is 0.0723. The van der Waals surface area contributed by atoms with Crippen LogP contribution < -0.4 is 10.9 Å². The van der Waals surface area contributed by atoms with Gasteiger partial charge in [0.2, 0.25) is 0 Å². The Morgan fingerprint density at radius 3 is 2.67 bits per heavy atom. The third-order valence-corrected chi connectivity index (χ3v) is 4.15. The molecule has 21 heavy (non-hydrogen) atoms. The number of nitrogens with zero attached hydrogens (tertiary/aromatic N) is 3. The van der Waals surface area contributed by atoms with E-state index in [2.05, 4.69) is 10.4 Å². The maximum Gasteiger partial charge on any atom is 0.287 e. The first-order valence-corrected chi connectivity index (χ1v) is 8.96. The topological polar surface area (TPSA) is 84.3 Å². The minimum atomic E-state index is -2.98. The molecule has 7 nitrogen and oxygen atoms in total. The highest BCUT2D eigenvalue weighted by Gasteiger charge is 2.09. The zero-order valence-electron chi connectivity index (χ0n) is 12.5. The molecule has 0 amide bonds. The lowest BCUT2D eigenvalue weighted by Gasteiger charge is -2.12. The summed E-state index contributed by atoms with van der Waals surface area (Å²) in [5.41, 5.74) is 0.0721. The average Bonchev–Trinajstić information content (AvgIpc) is 2.37. The Balaban J connectivity index is 2.65. The fraction of sp³-hybridized carbons (Fsp3) is 0.667. The zero-order valence-corrected chi connectivity index (χ0v) is 14.0. The third kappa shape index (κ3) is 6.45. The molecule has 0 aliphatic heterocycles. The highest BCUT2D eigenvalue weighted by atomic mass is 35.5. The number of halogens is 1. The number of sulfone groups is 1. The summed E-state index contributed by atoms with van der Waals surface area (Å²) in [6.45, 7) is 1.56. The van der Waals surface area contributed by atoms with Crippen LogP contribution in [0.2, 0.25) is 5.02 Å². The molecule has 0 unspecified atom stereocenters. The molecule has 120 valence electrons. The van der Waals surface area contributed by atoms with Crippen LogP contribution in [-0.4, -0.2) is 62.3 Å². The quantitative estimate of drug-likeness (QED) is 0.688. The SMILES string of the molecule is CN(C)CCn1ncc(NCCCS(C)(=O)=O)c(Cl)c1=O. The number of hydrogen-bond acceptors (Lipinski definition) is 6. The minimum Gasteiger partial charge on any atom is -0.382 e. The molecular formula is C12H21ClN4O3S. The first-order chi connectivity index (χ1) is 9.70. The van der Waals surface area contributed by atoms with Crippen LogP contribution in [0.4, 0.5) is 5.69 Å². The molecule has 0 atom stereocenters. The van der Waals surface area contributed by atoms with Crippen molar-refractivity contribution in [3.8, 4) is 0 Å². The molecule has 0 aliphatic rings. The maximum absolute atomic E-state index is 12.0. The van der Waals surface area contributed by atoms with Crippen molar-refractivity contribution in [2.75, 3.05) is 44.5 Å². The number of nitrogens with one attached hydrogen (secondary N) is 1. The van der Waals surface area contributed by atoms with Crippen LogP contribution in [-0.2, 0) is 16.4 Å². The fourth-order valence-electron chi connectivity index (χ4n) is 1.60. The Bertz CT molecular complexity index is 628. The van der Waals surface area contributed by atoms with E-state index in [0.29, 0.717) is 31.7 Å². The molecule has 1 aromatic rings. The van der Waals surface area contributed by atoms with Crippen molar-refractivity contribution in [3.63, 3.8) is 0 Å². The van der Waals surface area contributed by atoms with Gasteiger partial charge in [0.05, 0.1) is 24.2 Å². The standard InChI is InChI=1S/C12H21ClN4O3S/c1-16(2)6-7-17-12(18)11(13)10(9-15-17)14-5-4-8-21(3,19)20/h9,14H,4-8H2,1-3H3. The van der Waals surface area contributed by atoms with E-state index in [1.807, 2.05) is 19.0 Å². The number of hydrogen-bond donors (Lipinski definition) is 1. The van der Waals surface area contributed by atoms with Gasteiger partial charge in [0.25, 0.3) is 5.56 Å². The molecule has 1 heterocycles. The molecule has 9 heteroatoms. The third-order valence-electron chi connectivity index (χ3n) is 2.75. The van der Waals surface area contributed by atoms with Crippen molar-refractivity contribution in [1.82, 2.24) is 14.7 Å². The summed E-state index contributed by atoms with van der Waals surface area (Å²) in [4.78, 5) is 14.0. The molecular weight excluding hydrogens is 316 g/mol. The van der Waals surface area contributed by atoms with Crippen LogP contribution in [0.25, 0.3) is 0 Å². The van der Waals surface area contributed by atoms with Gasteiger partial charge in [0.15, 0.2) is 0 Å². The first-order valence-electron chi connectivity index (χ1n) is 6.52. The van der Waals surface area contributed by atoms with Gasteiger partial charge in [0.1, 0.15) is 14.9 Å². The van der Waals surface area contributed by atoms with Gasteiger partial charge >= 0.3 is 0 Å². The van der Waals surface area contributed by atoms with Crippen LogP contribution in [0.3, 0.4) is 0 Å². The van der Waals surface area contributed by atoms with Gasteiger partial charge in [-0.15, -0.1) is 0 Å². The van der Waals surface area contributed by atoms with Gasteiger partial charge in [-0.3, -0.25) is 4.79 Å². The van der Waals surface area contributed by atoms with Crippen molar-refractivity contribution in [2.24, 2.45) is 0 Å². The monoisotopic (exact) mass is 336 g/mol. The molecule has 1 aromatic heterocycles. The van der Waals surface area contributed by atoms with E-state index in [0.717, 1.165) is 0 Å². The molecule has 0 fully saturated rings. The van der Waals surface area contributed by atoms with Crippen molar-refractivity contribution in [1.29, 1.82) is 0 Å². The largest absolute Gasteiger partial charge is 0.382 e. The van der Waals surface area contributed by atoms with E-state index in [9.17, 15) is 13.2 Å². The van der Waals surface area contributed by atoms with Gasteiger partial charge in [-0.2, -0.15) is 5.10 Å². The summed E-state index contributed by atoms with van der Waals surface area (Å²) < 4.78 is 23.3. The van der Waals surface area contributed by atoms with Crippen LogP contribution in [0.15, 0.2) is 11.0 Å². The molecule has 1 N–H and O–H groups in total. The van der Waals surface area contributed by atoms with Gasteiger partial charge in [-0.25, -0.2) is 13.1 Å². The second kappa shape index (κ2) is 7.77. The van der Waals surface area contributed by atoms with Crippen molar-refractivity contribution in [2.45, 2.75) is 13.0 Å². The van der Waals surface area contributed by atoms with Gasteiger partial charge in [0, 0.05) is 19.3 Å². The number of aromatic nitrogens is 2. The second-order valence-corrected chi connectivity index (χ2v) is 7.75. The Morgan fingerprint density at radius 2 is 2.10 bits per heavy atom. The first kappa shape index (κ1) is 17.9. The van der Waals surface area contributed by atoms with Gasteiger partial charge in [-0.1, -0.05) is 11.6 Å².